The van der Waals surface area contributed by atoms with Crippen molar-refractivity contribution in [3.63, 3.8) is 0 Å². The minimum absolute atomic E-state index is 0.0707. The minimum atomic E-state index is -0.725. The van der Waals surface area contributed by atoms with Gasteiger partial charge in [0.1, 0.15) is 11.5 Å². The molecule has 3 aliphatic heterocycles. The Morgan fingerprint density at radius 1 is 1.24 bits per heavy atom. The highest BCUT2D eigenvalue weighted by molar-refractivity contribution is 6.08. The smallest absolute Gasteiger partial charge is 0.312 e. The van der Waals surface area contributed by atoms with Crippen LogP contribution < -0.4 is 4.90 Å². The highest BCUT2D eigenvalue weighted by atomic mass is 16.5. The number of amides is 1. The fraction of sp³-hybridized carbons (Fsp3) is 0.300. The Morgan fingerprint density at radius 2 is 2.04 bits per heavy atom. The van der Waals surface area contributed by atoms with Crippen LogP contribution in [0.2, 0.25) is 0 Å². The van der Waals surface area contributed by atoms with Gasteiger partial charge in [-0.2, -0.15) is 0 Å². The van der Waals surface area contributed by atoms with Crippen molar-refractivity contribution in [2.45, 2.75) is 11.7 Å². The van der Waals surface area contributed by atoms with Crippen LogP contribution in [0.25, 0.3) is 10.8 Å². The lowest BCUT2D eigenvalue weighted by atomic mass is 9.77. The summed E-state index contributed by atoms with van der Waals surface area (Å²) in [5, 5.41) is 2.09. The number of carbonyl (C=O) groups is 2. The number of carbonyl (C=O) groups excluding carboxylic acids is 2. The highest BCUT2D eigenvalue weighted by Gasteiger charge is 2.67. The van der Waals surface area contributed by atoms with Crippen molar-refractivity contribution in [1.29, 1.82) is 0 Å². The molecule has 126 valence electrons. The van der Waals surface area contributed by atoms with Crippen molar-refractivity contribution in [3.05, 3.63) is 54.6 Å². The second kappa shape index (κ2) is 4.92. The molecule has 0 aliphatic carbocycles. The zero-order chi connectivity index (χ0) is 17.2. The standard InChI is InChI=1S/C20H17NO4/c1-24-19(23)16-15-9-10-20(25-15)11-21(18(22)17(16)20)14-8-4-6-12-5-2-3-7-13(12)14/h2-10,15-17H,11H2,1H3/t15-,16-,17+,20+/m1/s1. The van der Waals surface area contributed by atoms with Crippen LogP contribution in [-0.4, -0.2) is 37.2 Å². The predicted molar refractivity (Wildman–Crippen MR) is 92.0 cm³/mol. The predicted octanol–water partition coefficient (Wildman–Crippen LogP) is 2.30. The van der Waals surface area contributed by atoms with Gasteiger partial charge in [0.15, 0.2) is 0 Å². The van der Waals surface area contributed by atoms with Crippen LogP contribution in [0.5, 0.6) is 0 Å². The zero-order valence-corrected chi connectivity index (χ0v) is 13.7. The minimum Gasteiger partial charge on any atom is -0.469 e. The quantitative estimate of drug-likeness (QED) is 0.624. The first kappa shape index (κ1) is 14.7. The maximum Gasteiger partial charge on any atom is 0.312 e. The molecule has 0 N–H and O–H groups in total. The van der Waals surface area contributed by atoms with Gasteiger partial charge in [-0.3, -0.25) is 9.59 Å². The molecular formula is C20H17NO4. The molecule has 0 radical (unpaired) electrons. The Morgan fingerprint density at radius 3 is 2.88 bits per heavy atom. The van der Waals surface area contributed by atoms with Crippen LogP contribution in [0, 0.1) is 11.8 Å². The molecule has 3 aliphatic rings. The Balaban J connectivity index is 1.61. The van der Waals surface area contributed by atoms with E-state index in [1.165, 1.54) is 7.11 Å². The molecule has 2 saturated heterocycles. The molecule has 2 aromatic rings. The number of ether oxygens (including phenoxy) is 2. The molecule has 5 nitrogen and oxygen atoms in total. The molecule has 25 heavy (non-hydrogen) atoms. The van der Waals surface area contributed by atoms with Gasteiger partial charge >= 0.3 is 5.97 Å². The van der Waals surface area contributed by atoms with Crippen molar-refractivity contribution in [2.24, 2.45) is 11.8 Å². The lowest BCUT2D eigenvalue weighted by Crippen LogP contribution is -2.39. The summed E-state index contributed by atoms with van der Waals surface area (Å²) in [4.78, 5) is 27.2. The maximum absolute atomic E-state index is 13.3. The van der Waals surface area contributed by atoms with E-state index < -0.39 is 17.4 Å². The van der Waals surface area contributed by atoms with E-state index in [0.717, 1.165) is 16.5 Å². The Bertz CT molecular complexity index is 931. The third-order valence-electron chi connectivity index (χ3n) is 5.63. The van der Waals surface area contributed by atoms with E-state index in [1.54, 1.807) is 4.90 Å². The number of hydrogen-bond donors (Lipinski definition) is 0. The van der Waals surface area contributed by atoms with E-state index in [4.69, 9.17) is 9.47 Å². The fourth-order valence-electron chi connectivity index (χ4n) is 4.55. The van der Waals surface area contributed by atoms with E-state index in [0.29, 0.717) is 6.54 Å². The number of fused-ring (bicyclic) bond motifs is 2. The Hall–Kier alpha value is -2.66. The number of rotatable bonds is 2. The van der Waals surface area contributed by atoms with Crippen LogP contribution in [0.4, 0.5) is 5.69 Å². The number of hydrogen-bond acceptors (Lipinski definition) is 4. The SMILES string of the molecule is COC(=O)[C@H]1[C@H]2C(=O)N(c3cccc4ccccc34)C[C@@]23C=C[C@H]1O3. The molecule has 0 saturated carbocycles. The summed E-state index contributed by atoms with van der Waals surface area (Å²) in [7, 11) is 1.35. The molecule has 2 aromatic carbocycles. The highest BCUT2D eigenvalue weighted by Crippen LogP contribution is 2.53. The number of anilines is 1. The first-order valence-electron chi connectivity index (χ1n) is 8.39. The van der Waals surface area contributed by atoms with Gasteiger partial charge < -0.3 is 14.4 Å². The molecule has 0 unspecified atom stereocenters. The molecule has 5 rings (SSSR count). The van der Waals surface area contributed by atoms with Gasteiger partial charge in [0, 0.05) is 5.39 Å². The third kappa shape index (κ3) is 1.81. The molecule has 4 atom stereocenters. The third-order valence-corrected chi connectivity index (χ3v) is 5.63. The molecule has 3 heterocycles. The zero-order valence-electron chi connectivity index (χ0n) is 13.7. The molecule has 2 bridgehead atoms. The van der Waals surface area contributed by atoms with Crippen molar-refractivity contribution in [2.75, 3.05) is 18.6 Å². The molecule has 1 amide bonds. The summed E-state index contributed by atoms with van der Waals surface area (Å²) < 4.78 is 11.0. The van der Waals surface area contributed by atoms with Gasteiger partial charge in [-0.15, -0.1) is 0 Å². The maximum atomic E-state index is 13.3. The van der Waals surface area contributed by atoms with Crippen LogP contribution >= 0.6 is 0 Å². The summed E-state index contributed by atoms with van der Waals surface area (Å²) in [5.41, 5.74) is 0.133. The average Bonchev–Trinajstić information content (AvgIpc) is 3.29. The van der Waals surface area contributed by atoms with E-state index in [2.05, 4.69) is 0 Å². The van der Waals surface area contributed by atoms with Gasteiger partial charge in [0.2, 0.25) is 5.91 Å². The lowest BCUT2D eigenvalue weighted by molar-refractivity contribution is -0.149. The summed E-state index contributed by atoms with van der Waals surface area (Å²) in [6.07, 6.45) is 3.47. The molecule has 1 spiro atoms. The number of esters is 1. The van der Waals surface area contributed by atoms with Crippen LogP contribution in [-0.2, 0) is 19.1 Å². The van der Waals surface area contributed by atoms with Crippen molar-refractivity contribution in [1.82, 2.24) is 0 Å². The summed E-state index contributed by atoms with van der Waals surface area (Å²) >= 11 is 0. The first-order valence-corrected chi connectivity index (χ1v) is 8.39. The van der Waals surface area contributed by atoms with Crippen LogP contribution in [0.1, 0.15) is 0 Å². The van der Waals surface area contributed by atoms with Crippen molar-refractivity contribution in [3.8, 4) is 0 Å². The van der Waals surface area contributed by atoms with E-state index in [1.807, 2.05) is 54.6 Å². The fourth-order valence-corrected chi connectivity index (χ4v) is 4.55. The Kier molecular flexibility index (Phi) is 2.89. The lowest BCUT2D eigenvalue weighted by Gasteiger charge is -2.22. The van der Waals surface area contributed by atoms with Gasteiger partial charge in [-0.25, -0.2) is 0 Å². The number of methoxy groups -OCH3 is 1. The second-order valence-electron chi connectivity index (χ2n) is 6.85. The van der Waals surface area contributed by atoms with Crippen LogP contribution in [0.15, 0.2) is 54.6 Å². The monoisotopic (exact) mass is 335 g/mol. The first-order chi connectivity index (χ1) is 12.1. The van der Waals surface area contributed by atoms with E-state index >= 15 is 0 Å². The topological polar surface area (TPSA) is 55.8 Å². The Labute approximate surface area is 144 Å². The van der Waals surface area contributed by atoms with Gasteiger partial charge in [-0.1, -0.05) is 48.6 Å². The largest absolute Gasteiger partial charge is 0.469 e. The molecule has 2 fully saturated rings. The summed E-state index contributed by atoms with van der Waals surface area (Å²) in [5.74, 6) is -1.54. The molecule has 0 aromatic heterocycles. The van der Waals surface area contributed by atoms with E-state index in [-0.39, 0.29) is 18.0 Å². The van der Waals surface area contributed by atoms with E-state index in [9.17, 15) is 9.59 Å². The molecular weight excluding hydrogens is 318 g/mol. The second-order valence-corrected chi connectivity index (χ2v) is 6.85. The molecule has 5 heteroatoms. The van der Waals surface area contributed by atoms with Crippen molar-refractivity contribution >= 4 is 28.3 Å². The summed E-state index contributed by atoms with van der Waals surface area (Å²) in [6.45, 7) is 0.422. The van der Waals surface area contributed by atoms with Gasteiger partial charge in [0.05, 0.1) is 31.4 Å². The number of nitrogens with zero attached hydrogens (tertiary/aromatic N) is 1. The van der Waals surface area contributed by atoms with Crippen LogP contribution in [0.3, 0.4) is 0 Å². The summed E-state index contributed by atoms with van der Waals surface area (Å²) in [6, 6.07) is 13.9. The van der Waals surface area contributed by atoms with Gasteiger partial charge in [0.25, 0.3) is 0 Å². The van der Waals surface area contributed by atoms with Gasteiger partial charge in [-0.05, 0) is 11.5 Å². The van der Waals surface area contributed by atoms with Crippen molar-refractivity contribution < 1.29 is 19.1 Å². The average molecular weight is 335 g/mol. The number of benzene rings is 2. The normalized spacial score (nSPS) is 32.4.